The lowest BCUT2D eigenvalue weighted by atomic mass is 9.36. The standard InChI is InChI=1S/C32H48O3/c1-20(33)35-25-12-13-30(7)24-11-10-21-22-18-27(2,3)14-15-29(22,6)16-17-31(21,8)32(24,9)19-23(34)26(30)28(25,4)5/h10-11,22,25-26H,12-19H2,1-9H3/t22-,25-,26-,29+,30+,31+,32+/m0/s1. The van der Waals surface area contributed by atoms with Gasteiger partial charge in [0.25, 0.3) is 0 Å². The Kier molecular flexibility index (Phi) is 5.31. The molecule has 35 heavy (non-hydrogen) atoms. The molecule has 0 aromatic carbocycles. The Morgan fingerprint density at radius 2 is 1.54 bits per heavy atom. The number of carbonyl (C=O) groups excluding carboxylic acids is 2. The second-order valence-corrected chi connectivity index (χ2v) is 15.4. The molecule has 0 bridgehead atoms. The van der Waals surface area contributed by atoms with Gasteiger partial charge < -0.3 is 4.74 Å². The van der Waals surface area contributed by atoms with E-state index in [0.717, 1.165) is 12.8 Å². The third-order valence-corrected chi connectivity index (χ3v) is 12.3. The van der Waals surface area contributed by atoms with Gasteiger partial charge in [-0.2, -0.15) is 0 Å². The lowest BCUT2D eigenvalue weighted by molar-refractivity contribution is -0.177. The third kappa shape index (κ3) is 3.28. The number of carbonyl (C=O) groups is 2. The van der Waals surface area contributed by atoms with Crippen LogP contribution in [0, 0.1) is 44.3 Å². The van der Waals surface area contributed by atoms with Crippen LogP contribution >= 0.6 is 0 Å². The van der Waals surface area contributed by atoms with Gasteiger partial charge in [-0.3, -0.25) is 9.59 Å². The lowest BCUT2D eigenvalue weighted by Crippen LogP contribution is -2.64. The Labute approximate surface area is 213 Å². The highest BCUT2D eigenvalue weighted by molar-refractivity contribution is 5.87. The quantitative estimate of drug-likeness (QED) is 0.359. The van der Waals surface area contributed by atoms with Gasteiger partial charge in [0.05, 0.1) is 0 Å². The van der Waals surface area contributed by atoms with Crippen LogP contribution in [-0.4, -0.2) is 17.9 Å². The first-order valence-electron chi connectivity index (χ1n) is 14.1. The van der Waals surface area contributed by atoms with Crippen LogP contribution in [0.4, 0.5) is 0 Å². The van der Waals surface area contributed by atoms with Crippen LogP contribution in [-0.2, 0) is 14.3 Å². The largest absolute Gasteiger partial charge is 0.462 e. The second kappa shape index (κ2) is 7.35. The number of hydrogen-bond donors (Lipinski definition) is 0. The van der Waals surface area contributed by atoms with Crippen molar-refractivity contribution in [2.24, 2.45) is 44.3 Å². The molecule has 0 aromatic rings. The molecule has 4 saturated carbocycles. The summed E-state index contributed by atoms with van der Waals surface area (Å²) in [4.78, 5) is 26.1. The average Bonchev–Trinajstić information content (AvgIpc) is 2.71. The molecule has 0 heterocycles. The van der Waals surface area contributed by atoms with Crippen molar-refractivity contribution >= 4 is 11.8 Å². The minimum Gasteiger partial charge on any atom is -0.462 e. The zero-order chi connectivity index (χ0) is 25.8. The molecular formula is C32H48O3. The van der Waals surface area contributed by atoms with Crippen molar-refractivity contribution in [1.82, 2.24) is 0 Å². The van der Waals surface area contributed by atoms with Gasteiger partial charge in [0.1, 0.15) is 11.9 Å². The summed E-state index contributed by atoms with van der Waals surface area (Å²) in [6.45, 7) is 20.5. The molecule has 0 aliphatic heterocycles. The van der Waals surface area contributed by atoms with E-state index in [9.17, 15) is 9.59 Å². The van der Waals surface area contributed by atoms with Crippen LogP contribution in [0.2, 0.25) is 0 Å². The van der Waals surface area contributed by atoms with Crippen molar-refractivity contribution in [3.05, 3.63) is 23.3 Å². The molecule has 4 fully saturated rings. The van der Waals surface area contributed by atoms with Crippen molar-refractivity contribution in [3.8, 4) is 0 Å². The van der Waals surface area contributed by atoms with Crippen molar-refractivity contribution in [1.29, 1.82) is 0 Å². The summed E-state index contributed by atoms with van der Waals surface area (Å²) in [5.41, 5.74) is 3.21. The molecule has 0 aromatic heterocycles. The maximum atomic E-state index is 14.2. The van der Waals surface area contributed by atoms with Crippen LogP contribution in [0.1, 0.15) is 114 Å². The normalized spacial score (nSPS) is 47.8. The SMILES string of the molecule is CC(=O)O[C@H]1CC[C@]2(C)C3=CC=C4[C@@H]5CC(C)(C)CC[C@]5(C)CC[C@@]4(C)[C@]3(C)CC(=O)[C@H]2C1(C)C. The number of rotatable bonds is 1. The summed E-state index contributed by atoms with van der Waals surface area (Å²) in [7, 11) is 0. The molecule has 5 aliphatic rings. The van der Waals surface area contributed by atoms with E-state index in [1.165, 1.54) is 44.6 Å². The Balaban J connectivity index is 1.62. The maximum Gasteiger partial charge on any atom is 0.302 e. The van der Waals surface area contributed by atoms with Gasteiger partial charge in [0, 0.05) is 30.1 Å². The van der Waals surface area contributed by atoms with Crippen LogP contribution in [0.3, 0.4) is 0 Å². The number of Topliss-reactive ketones (excluding diaryl/α,β-unsaturated/α-hetero) is 1. The first kappa shape index (κ1) is 25.3. The van der Waals surface area contributed by atoms with Gasteiger partial charge in [-0.05, 0) is 72.5 Å². The molecule has 3 nitrogen and oxygen atoms in total. The lowest BCUT2D eigenvalue weighted by Gasteiger charge is -2.68. The fourth-order valence-electron chi connectivity index (χ4n) is 10.1. The van der Waals surface area contributed by atoms with E-state index in [-0.39, 0.29) is 39.7 Å². The predicted molar refractivity (Wildman–Crippen MR) is 141 cm³/mol. The summed E-state index contributed by atoms with van der Waals surface area (Å²) in [5.74, 6) is 0.635. The van der Waals surface area contributed by atoms with E-state index in [0.29, 0.717) is 29.0 Å². The van der Waals surface area contributed by atoms with Gasteiger partial charge in [-0.1, -0.05) is 78.7 Å². The molecule has 5 rings (SSSR count). The van der Waals surface area contributed by atoms with Crippen LogP contribution < -0.4 is 0 Å². The van der Waals surface area contributed by atoms with Gasteiger partial charge >= 0.3 is 5.97 Å². The number of allylic oxidation sites excluding steroid dienone is 4. The molecule has 0 unspecified atom stereocenters. The Bertz CT molecular complexity index is 1030. The van der Waals surface area contributed by atoms with Crippen molar-refractivity contribution in [3.63, 3.8) is 0 Å². The van der Waals surface area contributed by atoms with Gasteiger partial charge in [0.15, 0.2) is 0 Å². The van der Waals surface area contributed by atoms with Crippen molar-refractivity contribution in [2.45, 2.75) is 120 Å². The molecule has 0 radical (unpaired) electrons. The topological polar surface area (TPSA) is 43.4 Å². The Morgan fingerprint density at radius 1 is 0.886 bits per heavy atom. The van der Waals surface area contributed by atoms with E-state index < -0.39 is 0 Å². The smallest absolute Gasteiger partial charge is 0.302 e. The molecule has 0 N–H and O–H groups in total. The van der Waals surface area contributed by atoms with Crippen LogP contribution in [0.15, 0.2) is 23.3 Å². The highest BCUT2D eigenvalue weighted by atomic mass is 16.5. The zero-order valence-electron chi connectivity index (χ0n) is 23.8. The molecule has 0 saturated heterocycles. The number of ether oxygens (including phenoxy) is 1. The third-order valence-electron chi connectivity index (χ3n) is 12.3. The number of hydrogen-bond acceptors (Lipinski definition) is 3. The van der Waals surface area contributed by atoms with Crippen molar-refractivity contribution in [2.75, 3.05) is 0 Å². The summed E-state index contributed by atoms with van der Waals surface area (Å²) in [6.07, 6.45) is 13.4. The summed E-state index contributed by atoms with van der Waals surface area (Å²) < 4.78 is 5.78. The van der Waals surface area contributed by atoms with E-state index in [4.69, 9.17) is 4.74 Å². The van der Waals surface area contributed by atoms with E-state index >= 15 is 0 Å². The number of esters is 1. The van der Waals surface area contributed by atoms with E-state index in [1.807, 2.05) is 0 Å². The molecule has 5 aliphatic carbocycles. The fraction of sp³-hybridized carbons (Fsp3) is 0.812. The molecule has 3 heteroatoms. The summed E-state index contributed by atoms with van der Waals surface area (Å²) >= 11 is 0. The zero-order valence-corrected chi connectivity index (χ0v) is 23.8. The van der Waals surface area contributed by atoms with Crippen LogP contribution in [0.25, 0.3) is 0 Å². The van der Waals surface area contributed by atoms with Gasteiger partial charge in [0.2, 0.25) is 0 Å². The molecule has 7 atom stereocenters. The molecular weight excluding hydrogens is 432 g/mol. The highest BCUT2D eigenvalue weighted by Gasteiger charge is 2.68. The van der Waals surface area contributed by atoms with Gasteiger partial charge in [-0.15, -0.1) is 0 Å². The summed E-state index contributed by atoms with van der Waals surface area (Å²) in [6, 6.07) is 0. The summed E-state index contributed by atoms with van der Waals surface area (Å²) in [5, 5.41) is 0. The van der Waals surface area contributed by atoms with Crippen LogP contribution in [0.5, 0.6) is 0 Å². The van der Waals surface area contributed by atoms with Gasteiger partial charge in [-0.25, -0.2) is 0 Å². The van der Waals surface area contributed by atoms with E-state index in [1.54, 1.807) is 5.57 Å². The predicted octanol–water partition coefficient (Wildman–Crippen LogP) is 7.84. The first-order chi connectivity index (χ1) is 16.0. The monoisotopic (exact) mass is 480 g/mol. The minimum absolute atomic E-state index is 0.0230. The fourth-order valence-corrected chi connectivity index (χ4v) is 10.1. The molecule has 0 amide bonds. The minimum atomic E-state index is -0.374. The average molecular weight is 481 g/mol. The molecule has 0 spiro atoms. The Hall–Kier alpha value is -1.38. The number of ketones is 1. The molecule has 194 valence electrons. The number of fused-ring (bicyclic) bond motifs is 7. The highest BCUT2D eigenvalue weighted by Crippen LogP contribution is 2.74. The van der Waals surface area contributed by atoms with Crippen molar-refractivity contribution < 1.29 is 14.3 Å². The Morgan fingerprint density at radius 3 is 2.20 bits per heavy atom. The first-order valence-corrected chi connectivity index (χ1v) is 14.1. The maximum absolute atomic E-state index is 14.2. The second-order valence-electron chi connectivity index (χ2n) is 15.4. The van der Waals surface area contributed by atoms with E-state index in [2.05, 4.69) is 67.5 Å².